The molecular formula is C16H15ClOS. The van der Waals surface area contributed by atoms with Gasteiger partial charge in [0.2, 0.25) is 0 Å². The number of halogens is 1. The SMILES string of the molecule is Cc1ccc(SC(C=O)Cc2ccc(Cl)cc2)cc1. The number of hydrogen-bond acceptors (Lipinski definition) is 2. The van der Waals surface area contributed by atoms with Crippen molar-refractivity contribution in [2.45, 2.75) is 23.5 Å². The number of rotatable bonds is 5. The van der Waals surface area contributed by atoms with E-state index >= 15 is 0 Å². The molecule has 0 aliphatic heterocycles. The van der Waals surface area contributed by atoms with Gasteiger partial charge in [-0.15, -0.1) is 11.8 Å². The molecule has 0 fully saturated rings. The van der Waals surface area contributed by atoms with Crippen LogP contribution >= 0.6 is 23.4 Å². The van der Waals surface area contributed by atoms with E-state index in [9.17, 15) is 4.79 Å². The lowest BCUT2D eigenvalue weighted by Gasteiger charge is -2.10. The lowest BCUT2D eigenvalue weighted by molar-refractivity contribution is -0.107. The van der Waals surface area contributed by atoms with Crippen LogP contribution in [0, 0.1) is 6.92 Å². The Kier molecular flexibility index (Phi) is 5.06. The van der Waals surface area contributed by atoms with Crippen LogP contribution in [0.25, 0.3) is 0 Å². The molecule has 0 saturated carbocycles. The molecule has 0 saturated heterocycles. The molecule has 1 unspecified atom stereocenters. The van der Waals surface area contributed by atoms with Gasteiger partial charge in [0.15, 0.2) is 0 Å². The molecule has 2 aromatic rings. The van der Waals surface area contributed by atoms with Gasteiger partial charge in [-0.05, 0) is 43.2 Å². The Morgan fingerprint density at radius 1 is 1.11 bits per heavy atom. The molecule has 0 bridgehead atoms. The van der Waals surface area contributed by atoms with Gasteiger partial charge in [0.25, 0.3) is 0 Å². The molecule has 2 rings (SSSR count). The Balaban J connectivity index is 2.02. The van der Waals surface area contributed by atoms with Gasteiger partial charge >= 0.3 is 0 Å². The summed E-state index contributed by atoms with van der Waals surface area (Å²) in [5.74, 6) is 0. The molecular weight excluding hydrogens is 276 g/mol. The van der Waals surface area contributed by atoms with Crippen molar-refractivity contribution in [1.29, 1.82) is 0 Å². The van der Waals surface area contributed by atoms with Crippen molar-refractivity contribution in [3.05, 3.63) is 64.7 Å². The topological polar surface area (TPSA) is 17.1 Å². The average molecular weight is 291 g/mol. The third kappa shape index (κ3) is 4.41. The molecule has 1 atom stereocenters. The second-order valence-corrected chi connectivity index (χ2v) is 6.19. The quantitative estimate of drug-likeness (QED) is 0.593. The monoisotopic (exact) mass is 290 g/mol. The minimum atomic E-state index is -0.0659. The zero-order valence-electron chi connectivity index (χ0n) is 10.7. The number of carbonyl (C=O) groups excluding carboxylic acids is 1. The molecule has 0 aromatic heterocycles. The standard InChI is InChI=1S/C16H15ClOS/c1-12-2-8-15(9-3-12)19-16(11-18)10-13-4-6-14(17)7-5-13/h2-9,11,16H,10H2,1H3. The molecule has 98 valence electrons. The Hall–Kier alpha value is -1.25. The molecule has 1 nitrogen and oxygen atoms in total. The number of carbonyl (C=O) groups is 1. The van der Waals surface area contributed by atoms with E-state index in [0.29, 0.717) is 0 Å². The van der Waals surface area contributed by atoms with Crippen LogP contribution in [0.4, 0.5) is 0 Å². The van der Waals surface area contributed by atoms with Gasteiger partial charge in [-0.2, -0.15) is 0 Å². The molecule has 0 spiro atoms. The molecule has 0 aliphatic rings. The maximum atomic E-state index is 11.2. The summed E-state index contributed by atoms with van der Waals surface area (Å²) in [6.45, 7) is 2.05. The van der Waals surface area contributed by atoms with E-state index in [1.54, 1.807) is 11.8 Å². The first kappa shape index (κ1) is 14.2. The zero-order valence-corrected chi connectivity index (χ0v) is 12.2. The third-order valence-corrected chi connectivity index (χ3v) is 4.19. The summed E-state index contributed by atoms with van der Waals surface area (Å²) in [4.78, 5) is 12.3. The highest BCUT2D eigenvalue weighted by atomic mass is 35.5. The highest BCUT2D eigenvalue weighted by molar-refractivity contribution is 8.00. The minimum absolute atomic E-state index is 0.0659. The second kappa shape index (κ2) is 6.78. The summed E-state index contributed by atoms with van der Waals surface area (Å²) >= 11 is 7.45. The molecule has 2 aromatic carbocycles. The van der Waals surface area contributed by atoms with Crippen LogP contribution in [0.5, 0.6) is 0 Å². The molecule has 19 heavy (non-hydrogen) atoms. The van der Waals surface area contributed by atoms with Gasteiger partial charge in [-0.25, -0.2) is 0 Å². The molecule has 0 amide bonds. The van der Waals surface area contributed by atoms with Crippen molar-refractivity contribution in [3.8, 4) is 0 Å². The maximum absolute atomic E-state index is 11.2. The van der Waals surface area contributed by atoms with Crippen LogP contribution in [0.2, 0.25) is 5.02 Å². The van der Waals surface area contributed by atoms with Crippen molar-refractivity contribution in [2.24, 2.45) is 0 Å². The lowest BCUT2D eigenvalue weighted by Crippen LogP contribution is -2.08. The Morgan fingerprint density at radius 2 is 1.74 bits per heavy atom. The summed E-state index contributed by atoms with van der Waals surface area (Å²) in [6.07, 6.45) is 1.73. The van der Waals surface area contributed by atoms with Crippen LogP contribution in [-0.2, 0) is 11.2 Å². The Labute approximate surface area is 123 Å². The van der Waals surface area contributed by atoms with Crippen LogP contribution in [0.15, 0.2) is 53.4 Å². The molecule has 0 aliphatic carbocycles. The second-order valence-electron chi connectivity index (χ2n) is 4.44. The molecule has 0 radical (unpaired) electrons. The van der Waals surface area contributed by atoms with Crippen molar-refractivity contribution in [2.75, 3.05) is 0 Å². The predicted molar refractivity (Wildman–Crippen MR) is 82.0 cm³/mol. The first-order chi connectivity index (χ1) is 9.17. The van der Waals surface area contributed by atoms with Gasteiger partial charge in [0.05, 0.1) is 5.25 Å². The van der Waals surface area contributed by atoms with Crippen LogP contribution < -0.4 is 0 Å². The maximum Gasteiger partial charge on any atom is 0.133 e. The number of benzene rings is 2. The zero-order chi connectivity index (χ0) is 13.7. The number of aldehydes is 1. The van der Waals surface area contributed by atoms with E-state index < -0.39 is 0 Å². The summed E-state index contributed by atoms with van der Waals surface area (Å²) in [5.41, 5.74) is 2.35. The van der Waals surface area contributed by atoms with Crippen LogP contribution in [0.3, 0.4) is 0 Å². The van der Waals surface area contributed by atoms with Gasteiger partial charge in [-0.1, -0.05) is 41.4 Å². The van der Waals surface area contributed by atoms with Crippen molar-refractivity contribution < 1.29 is 4.79 Å². The normalized spacial score (nSPS) is 12.1. The number of thioether (sulfide) groups is 1. The van der Waals surface area contributed by atoms with Crippen molar-refractivity contribution >= 4 is 29.6 Å². The van der Waals surface area contributed by atoms with Gasteiger partial charge < -0.3 is 4.79 Å². The first-order valence-corrected chi connectivity index (χ1v) is 7.36. The highest BCUT2D eigenvalue weighted by Gasteiger charge is 2.10. The van der Waals surface area contributed by atoms with E-state index in [2.05, 4.69) is 31.2 Å². The van der Waals surface area contributed by atoms with E-state index in [-0.39, 0.29) is 5.25 Å². The van der Waals surface area contributed by atoms with E-state index in [1.165, 1.54) is 5.56 Å². The summed E-state index contributed by atoms with van der Waals surface area (Å²) in [5, 5.41) is 0.654. The smallest absolute Gasteiger partial charge is 0.133 e. The van der Waals surface area contributed by atoms with Gasteiger partial charge in [-0.3, -0.25) is 0 Å². The number of hydrogen-bond donors (Lipinski definition) is 0. The van der Waals surface area contributed by atoms with Gasteiger partial charge in [0.1, 0.15) is 6.29 Å². The highest BCUT2D eigenvalue weighted by Crippen LogP contribution is 2.25. The van der Waals surface area contributed by atoms with E-state index in [4.69, 9.17) is 11.6 Å². The fourth-order valence-electron chi connectivity index (χ4n) is 1.76. The van der Waals surface area contributed by atoms with E-state index in [0.717, 1.165) is 28.2 Å². The predicted octanol–water partition coefficient (Wildman–Crippen LogP) is 4.55. The summed E-state index contributed by atoms with van der Waals surface area (Å²) in [7, 11) is 0. The van der Waals surface area contributed by atoms with E-state index in [1.807, 2.05) is 24.3 Å². The Morgan fingerprint density at radius 3 is 2.32 bits per heavy atom. The fourth-order valence-corrected chi connectivity index (χ4v) is 2.86. The summed E-state index contributed by atoms with van der Waals surface area (Å²) in [6, 6.07) is 15.9. The minimum Gasteiger partial charge on any atom is -0.302 e. The molecule has 0 N–H and O–H groups in total. The van der Waals surface area contributed by atoms with Crippen LogP contribution in [0.1, 0.15) is 11.1 Å². The third-order valence-electron chi connectivity index (χ3n) is 2.81. The first-order valence-electron chi connectivity index (χ1n) is 6.10. The lowest BCUT2D eigenvalue weighted by atomic mass is 10.1. The number of aryl methyl sites for hydroxylation is 1. The average Bonchev–Trinajstić information content (AvgIpc) is 2.43. The van der Waals surface area contributed by atoms with Gasteiger partial charge in [0, 0.05) is 9.92 Å². The van der Waals surface area contributed by atoms with Crippen molar-refractivity contribution in [3.63, 3.8) is 0 Å². The molecule has 0 heterocycles. The fraction of sp³-hybridized carbons (Fsp3) is 0.188. The molecule has 3 heteroatoms. The van der Waals surface area contributed by atoms with Crippen LogP contribution in [-0.4, -0.2) is 11.5 Å². The summed E-state index contributed by atoms with van der Waals surface area (Å²) < 4.78 is 0. The van der Waals surface area contributed by atoms with Crippen molar-refractivity contribution in [1.82, 2.24) is 0 Å². The Bertz CT molecular complexity index is 486. The largest absolute Gasteiger partial charge is 0.302 e.